The Morgan fingerprint density at radius 2 is 1.90 bits per heavy atom. The predicted molar refractivity (Wildman–Crippen MR) is 114 cm³/mol. The standard InChI is InChI=1S/C19H21N7O4S/c1-11-8-12(2)26(25-11)18-10-17(22-13(3)23-18)20-6-7-21-31(28,29)14-4-5-16-15(9-14)24-19(27)30-16/h4-5,8-10,21H,6-7H2,1-3H3,(H,24,27)(H,20,22,23). The second kappa shape index (κ2) is 7.96. The number of H-pyrrole nitrogens is 1. The van der Waals surface area contributed by atoms with Gasteiger partial charge in [-0.15, -0.1) is 0 Å². The van der Waals surface area contributed by atoms with E-state index in [2.05, 4.69) is 30.1 Å². The lowest BCUT2D eigenvalue weighted by Crippen LogP contribution is -2.29. The van der Waals surface area contributed by atoms with Gasteiger partial charge in [-0.05, 0) is 45.0 Å². The second-order valence-corrected chi connectivity index (χ2v) is 8.76. The van der Waals surface area contributed by atoms with Crippen molar-refractivity contribution in [3.63, 3.8) is 0 Å². The normalized spacial score (nSPS) is 11.8. The van der Waals surface area contributed by atoms with Gasteiger partial charge in [-0.1, -0.05) is 0 Å². The Morgan fingerprint density at radius 3 is 2.65 bits per heavy atom. The van der Waals surface area contributed by atoms with Crippen molar-refractivity contribution in [2.45, 2.75) is 25.7 Å². The highest BCUT2D eigenvalue weighted by molar-refractivity contribution is 7.89. The third-order valence-electron chi connectivity index (χ3n) is 4.47. The number of hydrogen-bond acceptors (Lipinski definition) is 8. The van der Waals surface area contributed by atoms with Gasteiger partial charge in [-0.25, -0.2) is 32.6 Å². The van der Waals surface area contributed by atoms with Crippen LogP contribution in [-0.4, -0.2) is 46.2 Å². The molecule has 1 aromatic carbocycles. The summed E-state index contributed by atoms with van der Waals surface area (Å²) in [6.07, 6.45) is 0. The van der Waals surface area contributed by atoms with Gasteiger partial charge in [0.05, 0.1) is 16.1 Å². The predicted octanol–water partition coefficient (Wildman–Crippen LogP) is 1.41. The van der Waals surface area contributed by atoms with E-state index in [0.717, 1.165) is 11.4 Å². The molecule has 0 saturated heterocycles. The Morgan fingerprint density at radius 1 is 1.10 bits per heavy atom. The molecule has 31 heavy (non-hydrogen) atoms. The SMILES string of the molecule is Cc1cc(C)n(-c2cc(NCCNS(=O)(=O)c3ccc4oc(=O)[nH]c4c3)nc(C)n2)n1. The molecular formula is C19H21N7O4S. The maximum Gasteiger partial charge on any atom is 0.417 e. The quantitative estimate of drug-likeness (QED) is 0.363. The topological polar surface area (TPSA) is 148 Å². The molecule has 162 valence electrons. The lowest BCUT2D eigenvalue weighted by atomic mass is 10.3. The molecule has 0 atom stereocenters. The molecule has 0 aliphatic rings. The minimum Gasteiger partial charge on any atom is -0.408 e. The van der Waals surface area contributed by atoms with Gasteiger partial charge in [-0.2, -0.15) is 5.10 Å². The Hall–Kier alpha value is -3.51. The van der Waals surface area contributed by atoms with Gasteiger partial charge in [0.25, 0.3) is 0 Å². The first-order valence-corrected chi connectivity index (χ1v) is 11.0. The monoisotopic (exact) mass is 443 g/mol. The van der Waals surface area contributed by atoms with Gasteiger partial charge in [-0.3, -0.25) is 4.98 Å². The average Bonchev–Trinajstić information content (AvgIpc) is 3.24. The molecule has 3 heterocycles. The van der Waals surface area contributed by atoms with Crippen LogP contribution in [0.5, 0.6) is 0 Å². The van der Waals surface area contributed by atoms with Gasteiger partial charge >= 0.3 is 5.76 Å². The van der Waals surface area contributed by atoms with E-state index in [0.29, 0.717) is 35.1 Å². The van der Waals surface area contributed by atoms with Crippen LogP contribution in [0.25, 0.3) is 16.9 Å². The molecule has 0 bridgehead atoms. The highest BCUT2D eigenvalue weighted by Crippen LogP contribution is 2.16. The number of aromatic amines is 1. The van der Waals surface area contributed by atoms with Crippen LogP contribution in [0.3, 0.4) is 0 Å². The van der Waals surface area contributed by atoms with Gasteiger partial charge in [0.2, 0.25) is 10.0 Å². The summed E-state index contributed by atoms with van der Waals surface area (Å²) in [5, 5.41) is 7.52. The first-order chi connectivity index (χ1) is 14.7. The number of benzene rings is 1. The van der Waals surface area contributed by atoms with Crippen molar-refractivity contribution in [3.8, 4) is 5.82 Å². The van der Waals surface area contributed by atoms with E-state index < -0.39 is 15.8 Å². The summed E-state index contributed by atoms with van der Waals surface area (Å²) in [4.78, 5) is 22.5. The number of aromatic nitrogens is 5. The molecule has 0 fully saturated rings. The van der Waals surface area contributed by atoms with Crippen molar-refractivity contribution in [1.82, 2.24) is 29.5 Å². The zero-order valence-electron chi connectivity index (χ0n) is 17.1. The van der Waals surface area contributed by atoms with Gasteiger partial charge in [0.15, 0.2) is 11.4 Å². The van der Waals surface area contributed by atoms with Crippen molar-refractivity contribution in [3.05, 3.63) is 58.1 Å². The average molecular weight is 443 g/mol. The van der Waals surface area contributed by atoms with Gasteiger partial charge in [0.1, 0.15) is 11.6 Å². The van der Waals surface area contributed by atoms with E-state index >= 15 is 0 Å². The number of nitrogens with one attached hydrogen (secondary N) is 3. The number of sulfonamides is 1. The van der Waals surface area contributed by atoms with Crippen LogP contribution >= 0.6 is 0 Å². The zero-order valence-corrected chi connectivity index (χ0v) is 17.9. The first kappa shape index (κ1) is 20.8. The number of fused-ring (bicyclic) bond motifs is 1. The van der Waals surface area contributed by atoms with Crippen LogP contribution in [0.2, 0.25) is 0 Å². The van der Waals surface area contributed by atoms with Crippen LogP contribution in [0, 0.1) is 20.8 Å². The molecule has 3 N–H and O–H groups in total. The molecule has 12 heteroatoms. The Balaban J connectivity index is 1.42. The number of hydrogen-bond donors (Lipinski definition) is 3. The van der Waals surface area contributed by atoms with E-state index in [1.807, 2.05) is 19.9 Å². The summed E-state index contributed by atoms with van der Waals surface area (Å²) in [5.74, 6) is 1.12. The molecule has 0 spiro atoms. The number of aryl methyl sites for hydroxylation is 3. The maximum atomic E-state index is 12.5. The molecule has 4 aromatic rings. The highest BCUT2D eigenvalue weighted by Gasteiger charge is 2.15. The van der Waals surface area contributed by atoms with Crippen molar-refractivity contribution < 1.29 is 12.8 Å². The zero-order chi connectivity index (χ0) is 22.2. The van der Waals surface area contributed by atoms with Crippen molar-refractivity contribution in [2.75, 3.05) is 18.4 Å². The number of anilines is 1. The van der Waals surface area contributed by atoms with E-state index in [1.165, 1.54) is 18.2 Å². The fourth-order valence-electron chi connectivity index (χ4n) is 3.17. The Labute approximate surface area is 177 Å². The van der Waals surface area contributed by atoms with E-state index in [4.69, 9.17) is 4.42 Å². The van der Waals surface area contributed by atoms with E-state index in [1.54, 1.807) is 17.7 Å². The molecule has 0 amide bonds. The largest absolute Gasteiger partial charge is 0.417 e. The minimum atomic E-state index is -3.76. The molecule has 0 aliphatic carbocycles. The van der Waals surface area contributed by atoms with Crippen molar-refractivity contribution in [1.29, 1.82) is 0 Å². The lowest BCUT2D eigenvalue weighted by molar-refractivity contribution is 0.555. The molecule has 11 nitrogen and oxygen atoms in total. The summed E-state index contributed by atoms with van der Waals surface area (Å²) in [7, 11) is -3.76. The Kier molecular flexibility index (Phi) is 5.33. The molecule has 0 aliphatic heterocycles. The van der Waals surface area contributed by atoms with Gasteiger partial charge in [0, 0.05) is 24.8 Å². The first-order valence-electron chi connectivity index (χ1n) is 9.47. The van der Waals surface area contributed by atoms with Gasteiger partial charge < -0.3 is 9.73 Å². The van der Waals surface area contributed by atoms with Crippen molar-refractivity contribution >= 4 is 26.9 Å². The minimum absolute atomic E-state index is 0.0294. The van der Waals surface area contributed by atoms with Crippen LogP contribution in [-0.2, 0) is 10.0 Å². The lowest BCUT2D eigenvalue weighted by Gasteiger charge is -2.11. The number of rotatable bonds is 7. The van der Waals surface area contributed by atoms with E-state index in [9.17, 15) is 13.2 Å². The maximum absolute atomic E-state index is 12.5. The fourth-order valence-corrected chi connectivity index (χ4v) is 4.23. The summed E-state index contributed by atoms with van der Waals surface area (Å²) in [5.41, 5.74) is 2.45. The summed E-state index contributed by atoms with van der Waals surface area (Å²) in [6, 6.07) is 7.87. The third-order valence-corrected chi connectivity index (χ3v) is 5.93. The molecule has 0 radical (unpaired) electrons. The second-order valence-electron chi connectivity index (χ2n) is 6.99. The highest BCUT2D eigenvalue weighted by atomic mass is 32.2. The summed E-state index contributed by atoms with van der Waals surface area (Å²) < 4.78 is 34.2. The van der Waals surface area contributed by atoms with Crippen LogP contribution in [0.15, 0.2) is 44.4 Å². The molecular weight excluding hydrogens is 422 g/mol. The summed E-state index contributed by atoms with van der Waals surface area (Å²) in [6.45, 7) is 6.05. The Bertz CT molecular complexity index is 1420. The van der Waals surface area contributed by atoms with Crippen molar-refractivity contribution in [2.24, 2.45) is 0 Å². The molecule has 0 saturated carbocycles. The van der Waals surface area contributed by atoms with Crippen LogP contribution < -0.4 is 15.8 Å². The molecule has 4 rings (SSSR count). The molecule has 3 aromatic heterocycles. The van der Waals surface area contributed by atoms with Crippen LogP contribution in [0.1, 0.15) is 17.2 Å². The fraction of sp³-hybridized carbons (Fsp3) is 0.263. The van der Waals surface area contributed by atoms with Crippen LogP contribution in [0.4, 0.5) is 5.82 Å². The smallest absolute Gasteiger partial charge is 0.408 e. The number of oxazole rings is 1. The third kappa shape index (κ3) is 4.49. The number of nitrogens with zero attached hydrogens (tertiary/aromatic N) is 4. The molecule has 0 unspecified atom stereocenters. The van der Waals surface area contributed by atoms with E-state index in [-0.39, 0.29) is 11.4 Å². The summed E-state index contributed by atoms with van der Waals surface area (Å²) >= 11 is 0.